The van der Waals surface area contributed by atoms with Gasteiger partial charge >= 0.3 is 0 Å². The highest BCUT2D eigenvalue weighted by atomic mass is 127. The Kier molecular flexibility index (Phi) is 2.49. The smallest absolute Gasteiger partial charge is 0.120 e. The molecule has 0 atom stereocenters. The number of phenolic OH excluding ortho intramolecular Hbond substituents is 1. The van der Waals surface area contributed by atoms with Crippen molar-refractivity contribution >= 4 is 22.6 Å². The minimum atomic E-state index is 0.323. The fourth-order valence-electron chi connectivity index (χ4n) is 5.39. The maximum atomic E-state index is 10.3. The summed E-state index contributed by atoms with van der Waals surface area (Å²) < 4.78 is 1.14. The van der Waals surface area contributed by atoms with Gasteiger partial charge in [0.1, 0.15) is 5.75 Å². The van der Waals surface area contributed by atoms with Gasteiger partial charge in [-0.1, -0.05) is 6.07 Å². The van der Waals surface area contributed by atoms with Gasteiger partial charge in [0.25, 0.3) is 0 Å². The van der Waals surface area contributed by atoms with Gasteiger partial charge < -0.3 is 5.11 Å². The SMILES string of the molecule is Oc1cc(I)ccc1C12CC3CC(CC(C3)C1)C2. The summed E-state index contributed by atoms with van der Waals surface area (Å²) in [6.07, 6.45) is 8.37. The number of rotatable bonds is 1. The van der Waals surface area contributed by atoms with Gasteiger partial charge in [-0.05, 0) is 96.4 Å². The highest BCUT2D eigenvalue weighted by Gasteiger charge is 2.52. The van der Waals surface area contributed by atoms with Gasteiger partial charge in [-0.25, -0.2) is 0 Å². The molecule has 0 unspecified atom stereocenters. The number of hydrogen-bond donors (Lipinski definition) is 1. The molecule has 18 heavy (non-hydrogen) atoms. The lowest BCUT2D eigenvalue weighted by Crippen LogP contribution is -2.48. The standard InChI is InChI=1S/C16H19IO/c17-13-1-2-14(15(18)6-13)16-7-10-3-11(8-16)5-12(4-10)9-16/h1-2,6,10-12,18H,3-5,7-9H2. The average Bonchev–Trinajstić information content (AvgIpc) is 2.26. The van der Waals surface area contributed by atoms with Crippen LogP contribution in [0.4, 0.5) is 0 Å². The first-order valence-corrected chi connectivity index (χ1v) is 8.21. The molecule has 4 bridgehead atoms. The molecule has 0 aromatic heterocycles. The molecule has 4 fully saturated rings. The Morgan fingerprint density at radius 2 is 1.56 bits per heavy atom. The first-order valence-electron chi connectivity index (χ1n) is 7.14. The molecule has 0 spiro atoms. The highest BCUT2D eigenvalue weighted by Crippen LogP contribution is 2.61. The molecule has 1 nitrogen and oxygen atoms in total. The quantitative estimate of drug-likeness (QED) is 0.738. The normalized spacial score (nSPS) is 41.3. The van der Waals surface area contributed by atoms with Crippen LogP contribution in [-0.2, 0) is 5.41 Å². The van der Waals surface area contributed by atoms with Crippen LogP contribution in [0.5, 0.6) is 5.75 Å². The predicted molar refractivity (Wildman–Crippen MR) is 80.7 cm³/mol. The predicted octanol–water partition coefficient (Wildman–Crippen LogP) is 4.46. The molecule has 0 radical (unpaired) electrons. The van der Waals surface area contributed by atoms with Gasteiger partial charge in [-0.2, -0.15) is 0 Å². The van der Waals surface area contributed by atoms with E-state index in [0.717, 1.165) is 21.3 Å². The molecule has 0 amide bonds. The fraction of sp³-hybridized carbons (Fsp3) is 0.625. The summed E-state index contributed by atoms with van der Waals surface area (Å²) in [4.78, 5) is 0. The van der Waals surface area contributed by atoms with E-state index in [-0.39, 0.29) is 0 Å². The maximum absolute atomic E-state index is 10.3. The molecular formula is C16H19IO. The third-order valence-corrected chi connectivity index (χ3v) is 6.24. The molecule has 0 aliphatic heterocycles. The number of hydrogen-bond acceptors (Lipinski definition) is 1. The molecule has 0 heterocycles. The Morgan fingerprint density at radius 3 is 2.06 bits per heavy atom. The van der Waals surface area contributed by atoms with Crippen LogP contribution in [0.2, 0.25) is 0 Å². The van der Waals surface area contributed by atoms with Crippen molar-refractivity contribution in [2.45, 2.75) is 43.9 Å². The van der Waals surface area contributed by atoms with E-state index >= 15 is 0 Å². The number of halogens is 1. The Labute approximate surface area is 122 Å². The minimum absolute atomic E-state index is 0.323. The van der Waals surface area contributed by atoms with Crippen LogP contribution in [0, 0.1) is 21.3 Å². The molecule has 2 heteroatoms. The zero-order valence-electron chi connectivity index (χ0n) is 10.5. The second-order valence-electron chi connectivity index (χ2n) is 6.86. The molecule has 0 saturated heterocycles. The third-order valence-electron chi connectivity index (χ3n) is 5.57. The van der Waals surface area contributed by atoms with Gasteiger partial charge in [-0.3, -0.25) is 0 Å². The van der Waals surface area contributed by atoms with Crippen LogP contribution in [-0.4, -0.2) is 5.11 Å². The van der Waals surface area contributed by atoms with Gasteiger partial charge in [0.05, 0.1) is 0 Å². The van der Waals surface area contributed by atoms with E-state index in [2.05, 4.69) is 34.7 Å². The lowest BCUT2D eigenvalue weighted by Gasteiger charge is -2.57. The van der Waals surface area contributed by atoms with Crippen LogP contribution in [0.3, 0.4) is 0 Å². The van der Waals surface area contributed by atoms with Gasteiger partial charge in [0.15, 0.2) is 0 Å². The maximum Gasteiger partial charge on any atom is 0.120 e. The molecule has 4 aliphatic rings. The zero-order chi connectivity index (χ0) is 12.3. The van der Waals surface area contributed by atoms with E-state index in [1.807, 2.05) is 6.07 Å². The molecule has 96 valence electrons. The van der Waals surface area contributed by atoms with Crippen LogP contribution in [0.15, 0.2) is 18.2 Å². The van der Waals surface area contributed by atoms with Crippen molar-refractivity contribution < 1.29 is 5.11 Å². The molecule has 1 aromatic carbocycles. The van der Waals surface area contributed by atoms with Crippen molar-refractivity contribution in [2.75, 3.05) is 0 Å². The van der Waals surface area contributed by atoms with Gasteiger partial charge in [-0.15, -0.1) is 0 Å². The number of phenols is 1. The summed E-state index contributed by atoms with van der Waals surface area (Å²) in [5.74, 6) is 3.36. The van der Waals surface area contributed by atoms with Crippen molar-refractivity contribution in [2.24, 2.45) is 17.8 Å². The largest absolute Gasteiger partial charge is 0.508 e. The summed E-state index contributed by atoms with van der Waals surface area (Å²) in [7, 11) is 0. The lowest BCUT2D eigenvalue weighted by atomic mass is 9.48. The van der Waals surface area contributed by atoms with Crippen LogP contribution >= 0.6 is 22.6 Å². The fourth-order valence-corrected chi connectivity index (χ4v) is 5.87. The van der Waals surface area contributed by atoms with E-state index in [0.29, 0.717) is 11.2 Å². The minimum Gasteiger partial charge on any atom is -0.508 e. The Morgan fingerprint density at radius 1 is 1.00 bits per heavy atom. The average molecular weight is 354 g/mol. The lowest BCUT2D eigenvalue weighted by molar-refractivity contribution is -0.00613. The van der Waals surface area contributed by atoms with Crippen LogP contribution < -0.4 is 0 Å². The third kappa shape index (κ3) is 1.64. The van der Waals surface area contributed by atoms with Crippen molar-refractivity contribution in [3.05, 3.63) is 27.3 Å². The topological polar surface area (TPSA) is 20.2 Å². The van der Waals surface area contributed by atoms with E-state index in [9.17, 15) is 5.11 Å². The molecule has 4 aliphatic carbocycles. The summed E-state index contributed by atoms with van der Waals surface area (Å²) in [5, 5.41) is 10.3. The molecular weight excluding hydrogens is 335 g/mol. The van der Waals surface area contributed by atoms with Crippen molar-refractivity contribution in [1.29, 1.82) is 0 Å². The second-order valence-corrected chi connectivity index (χ2v) is 8.10. The Hall–Kier alpha value is -0.250. The second kappa shape index (κ2) is 3.87. The summed E-state index contributed by atoms with van der Waals surface area (Å²) in [5.41, 5.74) is 1.57. The monoisotopic (exact) mass is 354 g/mol. The zero-order valence-corrected chi connectivity index (χ0v) is 12.7. The van der Waals surface area contributed by atoms with Crippen LogP contribution in [0.1, 0.15) is 44.1 Å². The van der Waals surface area contributed by atoms with Gasteiger partial charge in [0, 0.05) is 9.13 Å². The molecule has 1 aromatic rings. The van der Waals surface area contributed by atoms with E-state index in [1.165, 1.54) is 44.1 Å². The molecule has 4 saturated carbocycles. The Balaban J connectivity index is 1.79. The van der Waals surface area contributed by atoms with Crippen molar-refractivity contribution in [1.82, 2.24) is 0 Å². The van der Waals surface area contributed by atoms with E-state index in [1.54, 1.807) is 0 Å². The summed E-state index contributed by atoms with van der Waals surface area (Å²) in [6, 6.07) is 6.30. The molecule has 1 N–H and O–H groups in total. The van der Waals surface area contributed by atoms with Crippen LogP contribution in [0.25, 0.3) is 0 Å². The van der Waals surface area contributed by atoms with E-state index < -0.39 is 0 Å². The van der Waals surface area contributed by atoms with E-state index in [4.69, 9.17) is 0 Å². The van der Waals surface area contributed by atoms with Crippen molar-refractivity contribution in [3.8, 4) is 5.75 Å². The van der Waals surface area contributed by atoms with Crippen molar-refractivity contribution in [3.63, 3.8) is 0 Å². The first kappa shape index (κ1) is 11.6. The highest BCUT2D eigenvalue weighted by molar-refractivity contribution is 14.1. The number of benzene rings is 1. The summed E-state index contributed by atoms with van der Waals surface area (Å²) >= 11 is 2.28. The number of aromatic hydroxyl groups is 1. The summed E-state index contributed by atoms with van der Waals surface area (Å²) in [6.45, 7) is 0. The van der Waals surface area contributed by atoms with Gasteiger partial charge in [0.2, 0.25) is 0 Å². The Bertz CT molecular complexity index is 459. The molecule has 5 rings (SSSR count). The first-order chi connectivity index (χ1) is 8.64.